The molecule has 0 saturated heterocycles. The van der Waals surface area contributed by atoms with Gasteiger partial charge in [-0.1, -0.05) is 12.1 Å². The molecule has 6 nitrogen and oxygen atoms in total. The number of nitrogens with one attached hydrogen (secondary N) is 1. The lowest BCUT2D eigenvalue weighted by atomic mass is 10.2. The minimum Gasteiger partial charge on any atom is -0.477 e. The second-order valence-electron chi connectivity index (χ2n) is 4.04. The van der Waals surface area contributed by atoms with Crippen LogP contribution in [0.25, 0.3) is 0 Å². The lowest BCUT2D eigenvalue weighted by molar-refractivity contribution is 0.0994. The van der Waals surface area contributed by atoms with Crippen LogP contribution in [0.1, 0.15) is 22.1 Å². The van der Waals surface area contributed by atoms with Gasteiger partial charge in [0.25, 0.3) is 5.91 Å². The highest BCUT2D eigenvalue weighted by Crippen LogP contribution is 2.24. The van der Waals surface area contributed by atoms with Crippen LogP contribution in [0.3, 0.4) is 0 Å². The van der Waals surface area contributed by atoms with Crippen molar-refractivity contribution < 1.29 is 13.9 Å². The number of nitrogens with zero attached hydrogens (tertiary/aromatic N) is 2. The molecule has 102 valence electrons. The third-order valence-corrected chi connectivity index (χ3v) is 2.54. The molecular formula is C14H13N3O3. The monoisotopic (exact) mass is 271 g/mol. The molecule has 1 heterocycles. The minimum absolute atomic E-state index is 0.0900. The lowest BCUT2D eigenvalue weighted by Gasteiger charge is -2.09. The molecule has 0 aliphatic carbocycles. The van der Waals surface area contributed by atoms with E-state index in [9.17, 15) is 4.79 Å². The molecule has 0 atom stereocenters. The summed E-state index contributed by atoms with van der Waals surface area (Å²) in [5.74, 6) is 0.617. The van der Waals surface area contributed by atoms with Crippen molar-refractivity contribution >= 4 is 11.6 Å². The Kier molecular flexibility index (Phi) is 4.01. The zero-order chi connectivity index (χ0) is 14.5. The Morgan fingerprint density at radius 3 is 2.85 bits per heavy atom. The number of anilines is 1. The van der Waals surface area contributed by atoms with E-state index in [1.165, 1.54) is 0 Å². The van der Waals surface area contributed by atoms with Gasteiger partial charge < -0.3 is 14.5 Å². The fourth-order valence-corrected chi connectivity index (χ4v) is 1.73. The second kappa shape index (κ2) is 5.89. The number of carbonyl (C=O) groups is 1. The first kappa shape index (κ1) is 13.6. The number of para-hydroxylation sites is 2. The summed E-state index contributed by atoms with van der Waals surface area (Å²) in [5.41, 5.74) is 0.997. The summed E-state index contributed by atoms with van der Waals surface area (Å²) < 4.78 is 10.5. The van der Waals surface area contributed by atoms with E-state index in [0.717, 1.165) is 0 Å². The molecule has 2 rings (SSSR count). The Morgan fingerprint density at radius 2 is 2.20 bits per heavy atom. The van der Waals surface area contributed by atoms with Crippen LogP contribution in [0.4, 0.5) is 5.69 Å². The molecular weight excluding hydrogens is 258 g/mol. The Balaban J connectivity index is 2.20. The maximum absolute atomic E-state index is 12.1. The van der Waals surface area contributed by atoms with Gasteiger partial charge in [0.15, 0.2) is 12.5 Å². The molecule has 0 aliphatic heterocycles. The van der Waals surface area contributed by atoms with E-state index in [2.05, 4.69) is 10.3 Å². The van der Waals surface area contributed by atoms with E-state index < -0.39 is 5.91 Å². The highest BCUT2D eigenvalue weighted by Gasteiger charge is 2.17. The van der Waals surface area contributed by atoms with Gasteiger partial charge in [-0.2, -0.15) is 5.26 Å². The summed E-state index contributed by atoms with van der Waals surface area (Å²) in [5, 5.41) is 11.2. The number of hydrogen-bond acceptors (Lipinski definition) is 5. The van der Waals surface area contributed by atoms with Crippen LogP contribution in [0.2, 0.25) is 0 Å². The SMILES string of the molecule is Cc1nc(C)c(C(=O)Nc2ccccc2OCC#N)o1. The Hall–Kier alpha value is -2.81. The van der Waals surface area contributed by atoms with Crippen LogP contribution < -0.4 is 10.1 Å². The number of nitriles is 1. The van der Waals surface area contributed by atoms with Gasteiger partial charge in [0.2, 0.25) is 5.76 Å². The molecule has 0 spiro atoms. The van der Waals surface area contributed by atoms with Crippen molar-refractivity contribution in [3.8, 4) is 11.8 Å². The Labute approximate surface area is 116 Å². The van der Waals surface area contributed by atoms with Gasteiger partial charge in [-0.05, 0) is 19.1 Å². The molecule has 6 heteroatoms. The zero-order valence-electron chi connectivity index (χ0n) is 11.1. The predicted molar refractivity (Wildman–Crippen MR) is 71.5 cm³/mol. The molecule has 0 aliphatic rings. The van der Waals surface area contributed by atoms with E-state index in [-0.39, 0.29) is 12.4 Å². The number of oxazole rings is 1. The van der Waals surface area contributed by atoms with Crippen molar-refractivity contribution in [2.75, 3.05) is 11.9 Å². The quantitative estimate of drug-likeness (QED) is 0.922. The maximum Gasteiger partial charge on any atom is 0.293 e. The van der Waals surface area contributed by atoms with Gasteiger partial charge in [-0.3, -0.25) is 4.79 Å². The zero-order valence-corrected chi connectivity index (χ0v) is 11.1. The molecule has 1 aromatic heterocycles. The van der Waals surface area contributed by atoms with E-state index in [4.69, 9.17) is 14.4 Å². The summed E-state index contributed by atoms with van der Waals surface area (Å²) >= 11 is 0. The van der Waals surface area contributed by atoms with Crippen molar-refractivity contribution in [3.63, 3.8) is 0 Å². The molecule has 1 aromatic carbocycles. The van der Waals surface area contributed by atoms with Crippen molar-refractivity contribution in [2.45, 2.75) is 13.8 Å². The van der Waals surface area contributed by atoms with Crippen molar-refractivity contribution in [1.29, 1.82) is 5.26 Å². The highest BCUT2D eigenvalue weighted by molar-refractivity contribution is 6.03. The standard InChI is InChI=1S/C14H13N3O3/c1-9-13(20-10(2)16-9)14(18)17-11-5-3-4-6-12(11)19-8-7-15/h3-6H,8H2,1-2H3,(H,17,18). The maximum atomic E-state index is 12.1. The van der Waals surface area contributed by atoms with Crippen LogP contribution in [0.5, 0.6) is 5.75 Å². The highest BCUT2D eigenvalue weighted by atomic mass is 16.5. The molecule has 0 bridgehead atoms. The molecule has 1 amide bonds. The first-order chi connectivity index (χ1) is 9.61. The van der Waals surface area contributed by atoms with Crippen molar-refractivity contribution in [3.05, 3.63) is 41.6 Å². The average Bonchev–Trinajstić information content (AvgIpc) is 2.77. The van der Waals surface area contributed by atoms with Crippen molar-refractivity contribution in [2.24, 2.45) is 0 Å². The number of rotatable bonds is 4. The van der Waals surface area contributed by atoms with Crippen molar-refractivity contribution in [1.82, 2.24) is 4.98 Å². The molecule has 2 aromatic rings. The number of ether oxygens (including phenoxy) is 1. The van der Waals surface area contributed by atoms with Gasteiger partial charge in [0, 0.05) is 6.92 Å². The number of aromatic nitrogens is 1. The number of amides is 1. The minimum atomic E-state index is -0.406. The first-order valence-electron chi connectivity index (χ1n) is 5.96. The number of benzene rings is 1. The largest absolute Gasteiger partial charge is 0.477 e. The normalized spacial score (nSPS) is 9.85. The number of hydrogen-bond donors (Lipinski definition) is 1. The summed E-state index contributed by atoms with van der Waals surface area (Å²) in [7, 11) is 0. The van der Waals surface area contributed by atoms with E-state index in [0.29, 0.717) is 23.0 Å². The second-order valence-corrected chi connectivity index (χ2v) is 4.04. The van der Waals surface area contributed by atoms with Crippen LogP contribution in [-0.4, -0.2) is 17.5 Å². The van der Waals surface area contributed by atoms with Crippen LogP contribution in [-0.2, 0) is 0 Å². The third kappa shape index (κ3) is 2.95. The van der Waals surface area contributed by atoms with Crippen LogP contribution in [0, 0.1) is 25.2 Å². The molecule has 0 unspecified atom stereocenters. The molecule has 0 fully saturated rings. The number of carbonyl (C=O) groups excluding carboxylic acids is 1. The molecule has 0 saturated carbocycles. The Bertz CT molecular complexity index is 671. The summed E-state index contributed by atoms with van der Waals surface area (Å²) in [6, 6.07) is 8.75. The van der Waals surface area contributed by atoms with Crippen LogP contribution >= 0.6 is 0 Å². The average molecular weight is 271 g/mol. The first-order valence-corrected chi connectivity index (χ1v) is 5.96. The smallest absolute Gasteiger partial charge is 0.293 e. The molecule has 0 radical (unpaired) electrons. The van der Waals surface area contributed by atoms with E-state index in [1.807, 2.05) is 6.07 Å². The fourth-order valence-electron chi connectivity index (χ4n) is 1.73. The van der Waals surface area contributed by atoms with E-state index in [1.54, 1.807) is 38.1 Å². The lowest BCUT2D eigenvalue weighted by Crippen LogP contribution is -2.13. The topological polar surface area (TPSA) is 88.1 Å². The fraction of sp³-hybridized carbons (Fsp3) is 0.214. The summed E-state index contributed by atoms with van der Waals surface area (Å²) in [6.07, 6.45) is 0. The van der Waals surface area contributed by atoms with Gasteiger partial charge in [0.05, 0.1) is 11.4 Å². The van der Waals surface area contributed by atoms with Crippen LogP contribution in [0.15, 0.2) is 28.7 Å². The van der Waals surface area contributed by atoms with E-state index >= 15 is 0 Å². The summed E-state index contributed by atoms with van der Waals surface area (Å²) in [4.78, 5) is 16.2. The Morgan fingerprint density at radius 1 is 1.45 bits per heavy atom. The third-order valence-electron chi connectivity index (χ3n) is 2.54. The van der Waals surface area contributed by atoms with Gasteiger partial charge in [-0.25, -0.2) is 4.98 Å². The number of aryl methyl sites for hydroxylation is 2. The summed E-state index contributed by atoms with van der Waals surface area (Å²) in [6.45, 7) is 3.28. The van der Waals surface area contributed by atoms with Gasteiger partial charge >= 0.3 is 0 Å². The molecule has 20 heavy (non-hydrogen) atoms. The molecule has 1 N–H and O–H groups in total. The van der Waals surface area contributed by atoms with Gasteiger partial charge in [0.1, 0.15) is 11.8 Å². The van der Waals surface area contributed by atoms with Gasteiger partial charge in [-0.15, -0.1) is 0 Å². The predicted octanol–water partition coefficient (Wildman–Crippen LogP) is 2.45.